The predicted molar refractivity (Wildman–Crippen MR) is 85.5 cm³/mol. The number of carbonyl (C=O) groups excluding carboxylic acids is 2. The van der Waals surface area contributed by atoms with Crippen LogP contribution in [0.4, 0.5) is 4.79 Å². The fourth-order valence-electron chi connectivity index (χ4n) is 3.61. The molecule has 4 rings (SSSR count). The third-order valence-corrected chi connectivity index (χ3v) is 5.01. The van der Waals surface area contributed by atoms with Gasteiger partial charge < -0.3 is 19.9 Å². The summed E-state index contributed by atoms with van der Waals surface area (Å²) in [7, 11) is 0. The van der Waals surface area contributed by atoms with Crippen LogP contribution in [0.3, 0.4) is 0 Å². The lowest BCUT2D eigenvalue weighted by Gasteiger charge is -2.23. The molecular formula is C16H23N5O3. The molecule has 3 aliphatic rings. The average molecular weight is 333 g/mol. The standard InChI is InChI=1S/C16H23N5O3/c22-15(10-20-6-7-21(16(20)23)11-4-5-11)19-13-2-1-3-14(13)24-12-8-17-18-9-12/h8-9,11,13-14H,1-7,10H2,(H,17,18)(H,19,22)/t13-,14+/m0/s1. The number of nitrogens with one attached hydrogen (secondary N) is 2. The van der Waals surface area contributed by atoms with E-state index in [0.717, 1.165) is 38.6 Å². The van der Waals surface area contributed by atoms with E-state index < -0.39 is 0 Å². The number of ether oxygens (including phenoxy) is 1. The van der Waals surface area contributed by atoms with Gasteiger partial charge in [-0.15, -0.1) is 0 Å². The summed E-state index contributed by atoms with van der Waals surface area (Å²) in [5.41, 5.74) is 0. The van der Waals surface area contributed by atoms with Gasteiger partial charge in [-0.25, -0.2) is 4.79 Å². The Morgan fingerprint density at radius 2 is 2.21 bits per heavy atom. The van der Waals surface area contributed by atoms with Gasteiger partial charge in [0.1, 0.15) is 12.6 Å². The number of hydrogen-bond donors (Lipinski definition) is 2. The van der Waals surface area contributed by atoms with E-state index in [0.29, 0.717) is 18.3 Å². The van der Waals surface area contributed by atoms with Gasteiger partial charge in [0.25, 0.3) is 0 Å². The first-order valence-corrected chi connectivity index (χ1v) is 8.71. The molecule has 0 radical (unpaired) electrons. The number of amides is 3. The minimum absolute atomic E-state index is 0.00488. The Bertz CT molecular complexity index is 601. The molecule has 1 aliphatic heterocycles. The third kappa shape index (κ3) is 3.18. The summed E-state index contributed by atoms with van der Waals surface area (Å²) in [6, 6.07) is 0.406. The molecule has 0 spiro atoms. The van der Waals surface area contributed by atoms with Crippen molar-refractivity contribution in [3.8, 4) is 5.75 Å². The fraction of sp³-hybridized carbons (Fsp3) is 0.688. The fourth-order valence-corrected chi connectivity index (χ4v) is 3.61. The number of rotatable bonds is 6. The van der Waals surface area contributed by atoms with Gasteiger partial charge >= 0.3 is 6.03 Å². The molecule has 3 amide bonds. The number of urea groups is 1. The van der Waals surface area contributed by atoms with Gasteiger partial charge in [0.05, 0.1) is 18.4 Å². The van der Waals surface area contributed by atoms with Gasteiger partial charge in [-0.2, -0.15) is 5.10 Å². The second-order valence-corrected chi connectivity index (χ2v) is 6.82. The molecule has 130 valence electrons. The highest BCUT2D eigenvalue weighted by Crippen LogP contribution is 2.30. The smallest absolute Gasteiger partial charge is 0.320 e. The molecule has 0 aromatic carbocycles. The Hall–Kier alpha value is -2.25. The summed E-state index contributed by atoms with van der Waals surface area (Å²) in [5.74, 6) is 0.588. The van der Waals surface area contributed by atoms with Crippen LogP contribution in [-0.4, -0.2) is 69.8 Å². The van der Waals surface area contributed by atoms with Gasteiger partial charge in [0.2, 0.25) is 5.91 Å². The number of H-pyrrole nitrogens is 1. The van der Waals surface area contributed by atoms with Crippen molar-refractivity contribution in [2.45, 2.75) is 50.3 Å². The van der Waals surface area contributed by atoms with E-state index in [9.17, 15) is 9.59 Å². The van der Waals surface area contributed by atoms with E-state index in [-0.39, 0.29) is 30.6 Å². The second kappa shape index (κ2) is 6.33. The van der Waals surface area contributed by atoms with Gasteiger partial charge in [-0.05, 0) is 32.1 Å². The van der Waals surface area contributed by atoms with E-state index in [1.54, 1.807) is 17.3 Å². The number of nitrogens with zero attached hydrogens (tertiary/aromatic N) is 3. The Labute approximate surface area is 140 Å². The summed E-state index contributed by atoms with van der Waals surface area (Å²) in [4.78, 5) is 28.2. The zero-order valence-corrected chi connectivity index (χ0v) is 13.6. The van der Waals surface area contributed by atoms with Crippen molar-refractivity contribution < 1.29 is 14.3 Å². The maximum Gasteiger partial charge on any atom is 0.320 e. The molecule has 2 heterocycles. The molecule has 1 aromatic heterocycles. The van der Waals surface area contributed by atoms with E-state index in [4.69, 9.17) is 4.74 Å². The summed E-state index contributed by atoms with van der Waals surface area (Å²) in [5, 5.41) is 9.63. The van der Waals surface area contributed by atoms with Crippen LogP contribution in [0.1, 0.15) is 32.1 Å². The summed E-state index contributed by atoms with van der Waals surface area (Å²) < 4.78 is 5.88. The molecule has 8 heteroatoms. The average Bonchev–Trinajstić information content (AvgIpc) is 2.93. The van der Waals surface area contributed by atoms with E-state index in [1.807, 2.05) is 4.90 Å². The van der Waals surface area contributed by atoms with Crippen LogP contribution in [0.15, 0.2) is 12.4 Å². The molecule has 8 nitrogen and oxygen atoms in total. The minimum Gasteiger partial charge on any atom is -0.485 e. The van der Waals surface area contributed by atoms with Crippen LogP contribution in [0.2, 0.25) is 0 Å². The molecule has 1 saturated heterocycles. The van der Waals surface area contributed by atoms with Crippen molar-refractivity contribution >= 4 is 11.9 Å². The zero-order valence-electron chi connectivity index (χ0n) is 13.6. The highest BCUT2D eigenvalue weighted by atomic mass is 16.5. The van der Waals surface area contributed by atoms with Crippen molar-refractivity contribution in [3.63, 3.8) is 0 Å². The first-order valence-electron chi connectivity index (χ1n) is 8.71. The lowest BCUT2D eigenvalue weighted by molar-refractivity contribution is -0.122. The lowest BCUT2D eigenvalue weighted by Crippen LogP contribution is -2.47. The molecule has 24 heavy (non-hydrogen) atoms. The van der Waals surface area contributed by atoms with Crippen molar-refractivity contribution in [3.05, 3.63) is 12.4 Å². The highest BCUT2D eigenvalue weighted by molar-refractivity contribution is 5.85. The van der Waals surface area contributed by atoms with Gasteiger partial charge in [0, 0.05) is 19.1 Å². The summed E-state index contributed by atoms with van der Waals surface area (Å²) in [6.07, 6.45) is 8.32. The van der Waals surface area contributed by atoms with Crippen molar-refractivity contribution in [1.29, 1.82) is 0 Å². The zero-order chi connectivity index (χ0) is 16.5. The van der Waals surface area contributed by atoms with Crippen LogP contribution in [0.5, 0.6) is 5.75 Å². The first kappa shape index (κ1) is 15.3. The molecule has 3 fully saturated rings. The molecular weight excluding hydrogens is 310 g/mol. The van der Waals surface area contributed by atoms with Gasteiger partial charge in [0.15, 0.2) is 5.75 Å². The quantitative estimate of drug-likeness (QED) is 0.803. The van der Waals surface area contributed by atoms with Crippen molar-refractivity contribution in [2.24, 2.45) is 0 Å². The molecule has 1 aromatic rings. The maximum absolute atomic E-state index is 12.3. The summed E-state index contributed by atoms with van der Waals surface area (Å²) in [6.45, 7) is 1.52. The Balaban J connectivity index is 1.28. The monoisotopic (exact) mass is 333 g/mol. The molecule has 2 saturated carbocycles. The number of carbonyl (C=O) groups is 2. The Morgan fingerprint density at radius 1 is 1.33 bits per heavy atom. The van der Waals surface area contributed by atoms with Crippen LogP contribution in [-0.2, 0) is 4.79 Å². The molecule has 0 bridgehead atoms. The molecule has 2 aliphatic carbocycles. The van der Waals surface area contributed by atoms with Crippen LogP contribution < -0.4 is 10.1 Å². The van der Waals surface area contributed by atoms with Crippen molar-refractivity contribution in [2.75, 3.05) is 19.6 Å². The van der Waals surface area contributed by atoms with E-state index in [1.165, 1.54) is 0 Å². The topological polar surface area (TPSA) is 90.6 Å². The highest BCUT2D eigenvalue weighted by Gasteiger charge is 2.40. The van der Waals surface area contributed by atoms with Gasteiger partial charge in [-0.3, -0.25) is 9.89 Å². The summed E-state index contributed by atoms with van der Waals surface area (Å²) >= 11 is 0. The maximum atomic E-state index is 12.3. The molecule has 0 unspecified atom stereocenters. The number of hydrogen-bond acceptors (Lipinski definition) is 4. The second-order valence-electron chi connectivity index (χ2n) is 6.82. The predicted octanol–water partition coefficient (Wildman–Crippen LogP) is 0.726. The van der Waals surface area contributed by atoms with E-state index in [2.05, 4.69) is 15.5 Å². The largest absolute Gasteiger partial charge is 0.485 e. The van der Waals surface area contributed by atoms with Crippen molar-refractivity contribution in [1.82, 2.24) is 25.3 Å². The number of aromatic nitrogens is 2. The first-order chi connectivity index (χ1) is 11.7. The lowest BCUT2D eigenvalue weighted by atomic mass is 10.2. The Kier molecular flexibility index (Phi) is 4.03. The SMILES string of the molecule is O=C(CN1CCN(C2CC2)C1=O)N[C@H]1CCC[C@H]1Oc1cn[nH]c1. The van der Waals surface area contributed by atoms with E-state index >= 15 is 0 Å². The third-order valence-electron chi connectivity index (χ3n) is 5.01. The van der Waals surface area contributed by atoms with Crippen LogP contribution in [0.25, 0.3) is 0 Å². The number of aromatic amines is 1. The van der Waals surface area contributed by atoms with Crippen LogP contribution >= 0.6 is 0 Å². The molecule has 2 atom stereocenters. The van der Waals surface area contributed by atoms with Crippen LogP contribution in [0, 0.1) is 0 Å². The molecule has 2 N–H and O–H groups in total. The normalized spacial score (nSPS) is 26.9. The minimum atomic E-state index is -0.103. The van der Waals surface area contributed by atoms with Gasteiger partial charge in [-0.1, -0.05) is 0 Å². The Morgan fingerprint density at radius 3 is 2.96 bits per heavy atom.